The highest BCUT2D eigenvalue weighted by molar-refractivity contribution is 5.78. The predicted molar refractivity (Wildman–Crippen MR) is 80.5 cm³/mol. The smallest absolute Gasteiger partial charge is 0.0155 e. The van der Waals surface area contributed by atoms with Gasteiger partial charge in [-0.25, -0.2) is 0 Å². The van der Waals surface area contributed by atoms with Gasteiger partial charge in [0.25, 0.3) is 0 Å². The third-order valence-corrected chi connectivity index (χ3v) is 3.06. The summed E-state index contributed by atoms with van der Waals surface area (Å²) in [5, 5.41) is 0. The first-order valence-electron chi connectivity index (χ1n) is 6.20. The molecule has 2 rings (SSSR count). The van der Waals surface area contributed by atoms with Crippen molar-refractivity contribution < 1.29 is 0 Å². The number of allylic oxidation sites excluding steroid dienone is 3. The van der Waals surface area contributed by atoms with E-state index in [-0.39, 0.29) is 0 Å². The van der Waals surface area contributed by atoms with E-state index in [1.165, 1.54) is 22.3 Å². The molecule has 0 aliphatic rings. The van der Waals surface area contributed by atoms with E-state index in [2.05, 4.69) is 62.0 Å². The predicted octanol–water partition coefficient (Wildman–Crippen LogP) is 5.25. The lowest BCUT2D eigenvalue weighted by Gasteiger charge is -2.09. The van der Waals surface area contributed by atoms with Crippen LogP contribution in [0.1, 0.15) is 18.1 Å². The molecule has 0 saturated carbocycles. The Morgan fingerprint density at radius 3 is 2.39 bits per heavy atom. The Hall–Kier alpha value is -2.08. The molecule has 0 aromatic heterocycles. The van der Waals surface area contributed by atoms with Crippen LogP contribution in [0.15, 0.2) is 67.3 Å². The van der Waals surface area contributed by atoms with Crippen LogP contribution in [0.2, 0.25) is 0 Å². The van der Waals surface area contributed by atoms with E-state index in [1.54, 1.807) is 0 Å². The van der Waals surface area contributed by atoms with Crippen molar-refractivity contribution >= 4 is 5.57 Å². The van der Waals surface area contributed by atoms with Gasteiger partial charge in [-0.1, -0.05) is 61.2 Å². The lowest BCUT2D eigenvalue weighted by molar-refractivity contribution is 1.42. The van der Waals surface area contributed by atoms with Gasteiger partial charge in [0.15, 0.2) is 0 Å². The average molecular weight is 234 g/mol. The maximum absolute atomic E-state index is 4.12. The number of aryl methyl sites for hydroxylation is 1. The average Bonchev–Trinajstić information content (AvgIpc) is 2.40. The third kappa shape index (κ3) is 2.60. The van der Waals surface area contributed by atoms with Crippen molar-refractivity contribution in [2.24, 2.45) is 0 Å². The third-order valence-electron chi connectivity index (χ3n) is 3.06. The topological polar surface area (TPSA) is 0 Å². The minimum absolute atomic E-state index is 1.06. The summed E-state index contributed by atoms with van der Waals surface area (Å²) in [5.41, 5.74) is 6.02. The fourth-order valence-electron chi connectivity index (χ4n) is 2.07. The lowest BCUT2D eigenvalue weighted by atomic mass is 9.96. The van der Waals surface area contributed by atoms with Crippen LogP contribution in [0, 0.1) is 6.92 Å². The maximum atomic E-state index is 4.12. The first kappa shape index (κ1) is 12.4. The molecule has 0 aliphatic carbocycles. The number of rotatable bonds is 3. The van der Waals surface area contributed by atoms with Gasteiger partial charge in [-0.05, 0) is 47.7 Å². The van der Waals surface area contributed by atoms with Crippen molar-refractivity contribution in [3.63, 3.8) is 0 Å². The van der Waals surface area contributed by atoms with E-state index in [9.17, 15) is 0 Å². The van der Waals surface area contributed by atoms with Crippen molar-refractivity contribution in [3.8, 4) is 11.1 Å². The van der Waals surface area contributed by atoms with Gasteiger partial charge in [-0.3, -0.25) is 0 Å². The number of hydrogen-bond donors (Lipinski definition) is 0. The summed E-state index contributed by atoms with van der Waals surface area (Å²) < 4.78 is 0. The zero-order valence-corrected chi connectivity index (χ0v) is 11.0. The molecule has 0 nitrogen and oxygen atoms in total. The Morgan fingerprint density at radius 1 is 1.00 bits per heavy atom. The highest BCUT2D eigenvalue weighted by atomic mass is 14.1. The summed E-state index contributed by atoms with van der Waals surface area (Å²) in [4.78, 5) is 0. The first-order valence-corrected chi connectivity index (χ1v) is 6.20. The molecule has 0 radical (unpaired) electrons. The van der Waals surface area contributed by atoms with E-state index in [0.29, 0.717) is 0 Å². The monoisotopic (exact) mass is 234 g/mol. The Labute approximate surface area is 109 Å². The van der Waals surface area contributed by atoms with Gasteiger partial charge in [0, 0.05) is 0 Å². The molecule has 0 bridgehead atoms. The largest absolute Gasteiger partial charge is 0.0912 e. The summed E-state index contributed by atoms with van der Waals surface area (Å²) in [6, 6.07) is 17.0. The SMILES string of the molecule is C=C(/C=C\C)c1cc(-c2ccccc2)ccc1C. The number of hydrogen-bond acceptors (Lipinski definition) is 0. The Bertz CT molecular complexity index is 574. The highest BCUT2D eigenvalue weighted by Crippen LogP contribution is 2.26. The summed E-state index contributed by atoms with van der Waals surface area (Å²) >= 11 is 0. The number of benzene rings is 2. The molecule has 0 spiro atoms. The molecule has 2 aromatic rings. The molecule has 0 N–H and O–H groups in total. The van der Waals surface area contributed by atoms with Crippen LogP contribution in [0.3, 0.4) is 0 Å². The van der Waals surface area contributed by atoms with Crippen LogP contribution >= 0.6 is 0 Å². The summed E-state index contributed by atoms with van der Waals surface area (Å²) in [5.74, 6) is 0. The van der Waals surface area contributed by atoms with Crippen molar-refractivity contribution in [1.29, 1.82) is 0 Å². The highest BCUT2D eigenvalue weighted by Gasteiger charge is 2.03. The Balaban J connectivity index is 2.47. The van der Waals surface area contributed by atoms with Crippen molar-refractivity contribution in [3.05, 3.63) is 78.4 Å². The molecule has 0 saturated heterocycles. The van der Waals surface area contributed by atoms with E-state index < -0.39 is 0 Å². The summed E-state index contributed by atoms with van der Waals surface area (Å²) in [7, 11) is 0. The minimum Gasteiger partial charge on any atom is -0.0912 e. The Kier molecular flexibility index (Phi) is 3.78. The van der Waals surface area contributed by atoms with Crippen molar-refractivity contribution in [2.75, 3.05) is 0 Å². The molecular formula is C18H18. The fourth-order valence-corrected chi connectivity index (χ4v) is 2.07. The first-order chi connectivity index (χ1) is 8.72. The van der Waals surface area contributed by atoms with Gasteiger partial charge in [-0.2, -0.15) is 0 Å². The van der Waals surface area contributed by atoms with Crippen LogP contribution in [-0.4, -0.2) is 0 Å². The molecular weight excluding hydrogens is 216 g/mol. The fraction of sp³-hybridized carbons (Fsp3) is 0.111. The van der Waals surface area contributed by atoms with Crippen molar-refractivity contribution in [2.45, 2.75) is 13.8 Å². The van der Waals surface area contributed by atoms with Crippen molar-refractivity contribution in [1.82, 2.24) is 0 Å². The van der Waals surface area contributed by atoms with Crippen LogP contribution in [0.5, 0.6) is 0 Å². The van der Waals surface area contributed by atoms with Gasteiger partial charge in [0.05, 0.1) is 0 Å². The van der Waals surface area contributed by atoms with Gasteiger partial charge < -0.3 is 0 Å². The second kappa shape index (κ2) is 5.50. The van der Waals surface area contributed by atoms with Gasteiger partial charge in [-0.15, -0.1) is 0 Å². The van der Waals surface area contributed by atoms with E-state index >= 15 is 0 Å². The van der Waals surface area contributed by atoms with Gasteiger partial charge in [0.2, 0.25) is 0 Å². The molecule has 0 heteroatoms. The second-order valence-electron chi connectivity index (χ2n) is 4.42. The van der Waals surface area contributed by atoms with Crippen LogP contribution in [-0.2, 0) is 0 Å². The minimum atomic E-state index is 1.06. The normalized spacial score (nSPS) is 10.8. The molecule has 0 atom stereocenters. The summed E-state index contributed by atoms with van der Waals surface area (Å²) in [6.45, 7) is 8.26. The maximum Gasteiger partial charge on any atom is -0.0155 e. The molecule has 90 valence electrons. The molecule has 2 aromatic carbocycles. The molecule has 0 heterocycles. The molecule has 0 aliphatic heterocycles. The lowest BCUT2D eigenvalue weighted by Crippen LogP contribution is -1.87. The molecule has 0 amide bonds. The van der Waals surface area contributed by atoms with Crippen LogP contribution in [0.25, 0.3) is 16.7 Å². The molecule has 18 heavy (non-hydrogen) atoms. The van der Waals surface area contributed by atoms with E-state index in [1.807, 2.05) is 19.1 Å². The van der Waals surface area contributed by atoms with Crippen LogP contribution in [0.4, 0.5) is 0 Å². The summed E-state index contributed by atoms with van der Waals surface area (Å²) in [6.07, 6.45) is 4.08. The van der Waals surface area contributed by atoms with Crippen LogP contribution < -0.4 is 0 Å². The van der Waals surface area contributed by atoms with Gasteiger partial charge >= 0.3 is 0 Å². The van der Waals surface area contributed by atoms with E-state index in [4.69, 9.17) is 0 Å². The quantitative estimate of drug-likeness (QED) is 0.636. The zero-order valence-electron chi connectivity index (χ0n) is 11.0. The van der Waals surface area contributed by atoms with E-state index in [0.717, 1.165) is 5.57 Å². The standard InChI is InChI=1S/C18H18/c1-4-8-14(2)18-13-17(12-11-15(18)3)16-9-6-5-7-10-16/h4-13H,2H2,1,3H3/b8-4-. The zero-order chi connectivity index (χ0) is 13.0. The Morgan fingerprint density at radius 2 is 1.72 bits per heavy atom. The second-order valence-corrected chi connectivity index (χ2v) is 4.42. The van der Waals surface area contributed by atoms with Gasteiger partial charge in [0.1, 0.15) is 0 Å². The molecule has 0 unspecified atom stereocenters. The molecule has 0 fully saturated rings.